The molecule has 0 atom stereocenters. The van der Waals surface area contributed by atoms with Gasteiger partial charge in [-0.05, 0) is 33.7 Å². The number of hydrogen-bond acceptors (Lipinski definition) is 1. The highest BCUT2D eigenvalue weighted by Gasteiger charge is 2.10. The van der Waals surface area contributed by atoms with Crippen LogP contribution in [0.15, 0.2) is 48.5 Å². The average molecular weight is 231 g/mol. The predicted octanol–water partition coefficient (Wildman–Crippen LogP) is 4.39. The molecule has 0 aliphatic heterocycles. The first-order valence-corrected chi connectivity index (χ1v) is 6.01. The van der Waals surface area contributed by atoms with Crippen molar-refractivity contribution >= 4 is 32.3 Å². The van der Waals surface area contributed by atoms with Crippen LogP contribution in [-0.4, -0.2) is 7.11 Å². The van der Waals surface area contributed by atoms with E-state index in [-0.39, 0.29) is 0 Å². The summed E-state index contributed by atoms with van der Waals surface area (Å²) in [6, 6.07) is 20.2. The van der Waals surface area contributed by atoms with Gasteiger partial charge in [-0.25, -0.2) is 0 Å². The molecule has 0 heterocycles. The minimum atomic E-state index is 0.820. The van der Waals surface area contributed by atoms with E-state index in [0.29, 0.717) is 0 Å². The third-order valence-electron chi connectivity index (χ3n) is 3.62. The molecule has 0 bridgehead atoms. The van der Waals surface area contributed by atoms with Crippen molar-refractivity contribution in [1.82, 2.24) is 0 Å². The highest BCUT2D eigenvalue weighted by Crippen LogP contribution is 2.37. The Balaban J connectivity index is 2.40. The van der Waals surface area contributed by atoms with Crippen molar-refractivity contribution < 1.29 is 4.74 Å². The molecular formula is C17H11O. The van der Waals surface area contributed by atoms with Gasteiger partial charge in [0.15, 0.2) is 0 Å². The van der Waals surface area contributed by atoms with E-state index in [1.165, 1.54) is 26.9 Å². The summed E-state index contributed by atoms with van der Waals surface area (Å²) in [4.78, 5) is 0. The molecule has 4 aromatic carbocycles. The van der Waals surface area contributed by atoms with E-state index < -0.39 is 0 Å². The molecule has 1 heteroatoms. The molecule has 4 aromatic rings. The van der Waals surface area contributed by atoms with Crippen molar-refractivity contribution in [3.8, 4) is 5.75 Å². The number of hydrogen-bond donors (Lipinski definition) is 0. The molecule has 4 rings (SSSR count). The topological polar surface area (TPSA) is 9.23 Å². The number of benzene rings is 4. The van der Waals surface area contributed by atoms with Gasteiger partial charge >= 0.3 is 0 Å². The fourth-order valence-electron chi connectivity index (χ4n) is 2.81. The second-order valence-corrected chi connectivity index (χ2v) is 4.54. The van der Waals surface area contributed by atoms with Crippen molar-refractivity contribution in [3.05, 3.63) is 54.6 Å². The first kappa shape index (κ1) is 9.72. The van der Waals surface area contributed by atoms with Crippen LogP contribution in [0.1, 0.15) is 0 Å². The Morgan fingerprint density at radius 2 is 1.56 bits per heavy atom. The SMILES string of the molecule is COc1[c]cc2ccc3cccc4ccc1c2c34. The van der Waals surface area contributed by atoms with E-state index in [2.05, 4.69) is 48.5 Å². The first-order valence-electron chi connectivity index (χ1n) is 6.01. The van der Waals surface area contributed by atoms with Crippen LogP contribution < -0.4 is 4.74 Å². The van der Waals surface area contributed by atoms with Gasteiger partial charge in [-0.3, -0.25) is 0 Å². The van der Waals surface area contributed by atoms with Gasteiger partial charge in [0, 0.05) is 16.8 Å². The molecule has 0 fully saturated rings. The van der Waals surface area contributed by atoms with Crippen molar-refractivity contribution in [3.63, 3.8) is 0 Å². The second kappa shape index (κ2) is 3.36. The number of ether oxygens (including phenoxy) is 1. The number of rotatable bonds is 1. The molecule has 0 N–H and O–H groups in total. The Hall–Kier alpha value is -2.28. The van der Waals surface area contributed by atoms with Gasteiger partial charge in [-0.2, -0.15) is 0 Å². The molecule has 1 radical (unpaired) electrons. The summed E-state index contributed by atoms with van der Waals surface area (Å²) in [5, 5.41) is 7.51. The largest absolute Gasteiger partial charge is 0.495 e. The van der Waals surface area contributed by atoms with E-state index in [9.17, 15) is 0 Å². The maximum atomic E-state index is 5.42. The Morgan fingerprint density at radius 1 is 0.833 bits per heavy atom. The van der Waals surface area contributed by atoms with Crippen molar-refractivity contribution in [2.45, 2.75) is 0 Å². The highest BCUT2D eigenvalue weighted by atomic mass is 16.5. The third kappa shape index (κ3) is 1.11. The molecule has 0 saturated heterocycles. The molecule has 0 saturated carbocycles. The Labute approximate surface area is 105 Å². The van der Waals surface area contributed by atoms with Crippen LogP contribution in [-0.2, 0) is 0 Å². The van der Waals surface area contributed by atoms with Crippen molar-refractivity contribution in [2.24, 2.45) is 0 Å². The molecule has 0 aromatic heterocycles. The highest BCUT2D eigenvalue weighted by molar-refractivity contribution is 6.23. The predicted molar refractivity (Wildman–Crippen MR) is 75.5 cm³/mol. The zero-order valence-electron chi connectivity index (χ0n) is 10.0. The van der Waals surface area contributed by atoms with Crippen LogP contribution in [0, 0.1) is 6.07 Å². The fraction of sp³-hybridized carbons (Fsp3) is 0.0588. The lowest BCUT2D eigenvalue weighted by Gasteiger charge is -2.12. The lowest BCUT2D eigenvalue weighted by molar-refractivity contribution is 0.419. The van der Waals surface area contributed by atoms with Crippen LogP contribution in [0.2, 0.25) is 0 Å². The maximum absolute atomic E-state index is 5.42. The standard InChI is InChI=1S/C17H11O/c1-18-15-10-8-13-6-5-11-3-2-4-12-7-9-14(15)17(13)16(11)12/h2-9H,1H3. The fourth-order valence-corrected chi connectivity index (χ4v) is 2.81. The molecule has 0 aliphatic rings. The molecular weight excluding hydrogens is 220 g/mol. The van der Waals surface area contributed by atoms with Gasteiger partial charge in [0.25, 0.3) is 0 Å². The lowest BCUT2D eigenvalue weighted by Crippen LogP contribution is -1.88. The summed E-state index contributed by atoms with van der Waals surface area (Å²) in [7, 11) is 1.70. The zero-order chi connectivity index (χ0) is 12.1. The lowest BCUT2D eigenvalue weighted by atomic mass is 9.94. The van der Waals surface area contributed by atoms with Gasteiger partial charge in [-0.1, -0.05) is 36.4 Å². The summed E-state index contributed by atoms with van der Waals surface area (Å²) in [5.74, 6) is 0.820. The van der Waals surface area contributed by atoms with E-state index in [4.69, 9.17) is 4.74 Å². The van der Waals surface area contributed by atoms with Crippen LogP contribution in [0.3, 0.4) is 0 Å². The molecule has 0 aliphatic carbocycles. The summed E-state index contributed by atoms with van der Waals surface area (Å²) >= 11 is 0. The van der Waals surface area contributed by atoms with Gasteiger partial charge in [-0.15, -0.1) is 0 Å². The van der Waals surface area contributed by atoms with Crippen LogP contribution in [0.4, 0.5) is 0 Å². The van der Waals surface area contributed by atoms with Crippen molar-refractivity contribution in [2.75, 3.05) is 7.11 Å². The monoisotopic (exact) mass is 231 g/mol. The van der Waals surface area contributed by atoms with Crippen LogP contribution >= 0.6 is 0 Å². The van der Waals surface area contributed by atoms with Crippen LogP contribution in [0.5, 0.6) is 5.75 Å². The third-order valence-corrected chi connectivity index (χ3v) is 3.62. The average Bonchev–Trinajstić information content (AvgIpc) is 2.44. The minimum absolute atomic E-state index is 0.820. The molecule has 1 nitrogen and oxygen atoms in total. The Morgan fingerprint density at radius 3 is 2.33 bits per heavy atom. The smallest absolute Gasteiger partial charge is 0.134 e. The Bertz CT molecular complexity index is 845. The van der Waals surface area contributed by atoms with E-state index >= 15 is 0 Å². The summed E-state index contributed by atoms with van der Waals surface area (Å²) in [6.45, 7) is 0. The van der Waals surface area contributed by atoms with Crippen molar-refractivity contribution in [1.29, 1.82) is 0 Å². The first-order chi connectivity index (χ1) is 8.88. The zero-order valence-corrected chi connectivity index (χ0v) is 10.0. The molecule has 0 spiro atoms. The molecule has 0 unspecified atom stereocenters. The van der Waals surface area contributed by atoms with E-state index in [1.54, 1.807) is 7.11 Å². The van der Waals surface area contributed by atoms with E-state index in [1.807, 2.05) is 6.07 Å². The maximum Gasteiger partial charge on any atom is 0.134 e. The number of methoxy groups -OCH3 is 1. The normalized spacial score (nSPS) is 11.6. The Kier molecular flexibility index (Phi) is 1.81. The molecule has 0 amide bonds. The molecule has 85 valence electrons. The van der Waals surface area contributed by atoms with Gasteiger partial charge in [0.05, 0.1) is 7.11 Å². The quantitative estimate of drug-likeness (QED) is 0.441. The summed E-state index contributed by atoms with van der Waals surface area (Å²) in [6.07, 6.45) is 0. The van der Waals surface area contributed by atoms with Crippen LogP contribution in [0.25, 0.3) is 32.3 Å². The molecule has 18 heavy (non-hydrogen) atoms. The second-order valence-electron chi connectivity index (χ2n) is 4.54. The summed E-state index contributed by atoms with van der Waals surface area (Å²) < 4.78 is 5.42. The van der Waals surface area contributed by atoms with Gasteiger partial charge in [0.2, 0.25) is 0 Å². The summed E-state index contributed by atoms with van der Waals surface area (Å²) in [5.41, 5.74) is 0. The van der Waals surface area contributed by atoms with Gasteiger partial charge in [0.1, 0.15) is 5.75 Å². The van der Waals surface area contributed by atoms with E-state index in [0.717, 1.165) is 11.1 Å². The van der Waals surface area contributed by atoms with Gasteiger partial charge < -0.3 is 4.74 Å². The minimum Gasteiger partial charge on any atom is -0.495 e.